The summed E-state index contributed by atoms with van der Waals surface area (Å²) >= 11 is 0. The maximum absolute atomic E-state index is 12.5. The van der Waals surface area contributed by atoms with E-state index >= 15 is 0 Å². The largest absolute Gasteiger partial charge is 0.349 e. The van der Waals surface area contributed by atoms with Gasteiger partial charge in [-0.2, -0.15) is 5.10 Å². The summed E-state index contributed by atoms with van der Waals surface area (Å²) in [4.78, 5) is 24.9. The lowest BCUT2D eigenvalue weighted by atomic mass is 10.0. The lowest BCUT2D eigenvalue weighted by Crippen LogP contribution is -2.31. The minimum absolute atomic E-state index is 0.0540. The molecule has 28 heavy (non-hydrogen) atoms. The summed E-state index contributed by atoms with van der Waals surface area (Å²) in [6, 6.07) is 20.0. The van der Waals surface area contributed by atoms with Crippen molar-refractivity contribution >= 4 is 17.5 Å². The molecule has 1 unspecified atom stereocenters. The van der Waals surface area contributed by atoms with E-state index in [-0.39, 0.29) is 30.7 Å². The molecule has 1 fully saturated rings. The highest BCUT2D eigenvalue weighted by Crippen LogP contribution is 2.40. The number of hydrazone groups is 1. The molecule has 2 amide bonds. The van der Waals surface area contributed by atoms with Crippen LogP contribution in [0.3, 0.4) is 0 Å². The SMILES string of the molecule is O=C(CCC(=O)N1CCC(c2ccccc2)=N1)NC(c1ccccc1)C1CC1. The number of carbonyl (C=O) groups is 2. The van der Waals surface area contributed by atoms with Crippen LogP contribution in [0.15, 0.2) is 65.8 Å². The quantitative estimate of drug-likeness (QED) is 0.803. The highest BCUT2D eigenvalue weighted by atomic mass is 16.2. The molecule has 1 saturated carbocycles. The molecule has 2 aromatic carbocycles. The molecule has 4 rings (SSSR count). The van der Waals surface area contributed by atoms with Gasteiger partial charge in [-0.1, -0.05) is 60.7 Å². The first kappa shape index (κ1) is 18.4. The van der Waals surface area contributed by atoms with Crippen LogP contribution in [0.25, 0.3) is 0 Å². The zero-order chi connectivity index (χ0) is 19.3. The van der Waals surface area contributed by atoms with Gasteiger partial charge < -0.3 is 5.32 Å². The Hall–Kier alpha value is -2.95. The van der Waals surface area contributed by atoms with Gasteiger partial charge in [0.15, 0.2) is 0 Å². The molecule has 2 aromatic rings. The minimum Gasteiger partial charge on any atom is -0.349 e. The highest BCUT2D eigenvalue weighted by molar-refractivity contribution is 6.02. The summed E-state index contributed by atoms with van der Waals surface area (Å²) in [6.45, 7) is 0.583. The first-order valence-electron chi connectivity index (χ1n) is 9.98. The van der Waals surface area contributed by atoms with Crippen LogP contribution < -0.4 is 5.32 Å². The number of hydrogen-bond acceptors (Lipinski definition) is 3. The number of nitrogens with one attached hydrogen (secondary N) is 1. The Kier molecular flexibility index (Phi) is 5.51. The fraction of sp³-hybridized carbons (Fsp3) is 0.348. The van der Waals surface area contributed by atoms with Gasteiger partial charge in [0.05, 0.1) is 18.3 Å². The lowest BCUT2D eigenvalue weighted by Gasteiger charge is -2.19. The van der Waals surface area contributed by atoms with Crippen LogP contribution in [-0.2, 0) is 9.59 Å². The molecular weight excluding hydrogens is 350 g/mol. The predicted molar refractivity (Wildman–Crippen MR) is 109 cm³/mol. The third kappa shape index (κ3) is 4.47. The van der Waals surface area contributed by atoms with Gasteiger partial charge in [0.2, 0.25) is 11.8 Å². The van der Waals surface area contributed by atoms with E-state index < -0.39 is 0 Å². The summed E-state index contributed by atoms with van der Waals surface area (Å²) in [6.07, 6.45) is 3.41. The molecular formula is C23H25N3O2. The van der Waals surface area contributed by atoms with Gasteiger partial charge in [-0.3, -0.25) is 9.59 Å². The van der Waals surface area contributed by atoms with Crippen LogP contribution >= 0.6 is 0 Å². The van der Waals surface area contributed by atoms with Crippen molar-refractivity contribution < 1.29 is 9.59 Å². The average Bonchev–Trinajstić information content (AvgIpc) is 3.46. The summed E-state index contributed by atoms with van der Waals surface area (Å²) in [5.41, 5.74) is 3.11. The van der Waals surface area contributed by atoms with Crippen molar-refractivity contribution in [2.45, 2.75) is 38.1 Å². The van der Waals surface area contributed by atoms with Gasteiger partial charge in [-0.15, -0.1) is 0 Å². The molecule has 0 aromatic heterocycles. The van der Waals surface area contributed by atoms with Gasteiger partial charge in [0.1, 0.15) is 0 Å². The van der Waals surface area contributed by atoms with E-state index in [2.05, 4.69) is 22.6 Å². The van der Waals surface area contributed by atoms with Gasteiger partial charge in [0.25, 0.3) is 0 Å². The third-order valence-corrected chi connectivity index (χ3v) is 5.33. The molecule has 0 bridgehead atoms. The standard InChI is InChI=1S/C23H25N3O2/c27-21(24-23(19-11-12-19)18-9-5-2-6-10-18)13-14-22(28)26-16-15-20(25-26)17-7-3-1-4-8-17/h1-10,19,23H,11-16H2,(H,24,27). The Labute approximate surface area is 165 Å². The van der Waals surface area contributed by atoms with Crippen molar-refractivity contribution in [3.05, 3.63) is 71.8 Å². The van der Waals surface area contributed by atoms with E-state index in [1.165, 1.54) is 5.01 Å². The second-order valence-electron chi connectivity index (χ2n) is 7.47. The Balaban J connectivity index is 1.30. The van der Waals surface area contributed by atoms with Crippen molar-refractivity contribution in [2.24, 2.45) is 11.0 Å². The van der Waals surface area contributed by atoms with E-state index in [0.717, 1.165) is 36.1 Å². The molecule has 2 aliphatic rings. The topological polar surface area (TPSA) is 61.8 Å². The van der Waals surface area contributed by atoms with E-state index in [9.17, 15) is 9.59 Å². The highest BCUT2D eigenvalue weighted by Gasteiger charge is 2.33. The van der Waals surface area contributed by atoms with E-state index in [0.29, 0.717) is 12.5 Å². The number of carbonyl (C=O) groups excluding carboxylic acids is 2. The zero-order valence-corrected chi connectivity index (χ0v) is 15.9. The summed E-state index contributed by atoms with van der Waals surface area (Å²) < 4.78 is 0. The van der Waals surface area contributed by atoms with Crippen molar-refractivity contribution in [2.75, 3.05) is 6.54 Å². The lowest BCUT2D eigenvalue weighted by molar-refractivity contribution is -0.133. The molecule has 1 aliphatic heterocycles. The second-order valence-corrected chi connectivity index (χ2v) is 7.47. The average molecular weight is 375 g/mol. The normalized spacial score (nSPS) is 17.1. The fourth-order valence-corrected chi connectivity index (χ4v) is 3.63. The molecule has 0 spiro atoms. The summed E-state index contributed by atoms with van der Waals surface area (Å²) in [7, 11) is 0. The molecule has 1 aliphatic carbocycles. The molecule has 144 valence electrons. The smallest absolute Gasteiger partial charge is 0.243 e. The number of amides is 2. The predicted octanol–water partition coefficient (Wildman–Crippen LogP) is 3.67. The van der Waals surface area contributed by atoms with Crippen LogP contribution in [0, 0.1) is 5.92 Å². The maximum Gasteiger partial charge on any atom is 0.243 e. The first-order valence-corrected chi connectivity index (χ1v) is 9.98. The van der Waals surface area contributed by atoms with Crippen molar-refractivity contribution in [1.82, 2.24) is 10.3 Å². The summed E-state index contributed by atoms with van der Waals surface area (Å²) in [5.74, 6) is 0.350. The van der Waals surface area contributed by atoms with Crippen LogP contribution in [0.1, 0.15) is 49.3 Å². The number of hydrogen-bond donors (Lipinski definition) is 1. The fourth-order valence-electron chi connectivity index (χ4n) is 3.63. The zero-order valence-electron chi connectivity index (χ0n) is 15.9. The Morgan fingerprint density at radius 1 is 1.00 bits per heavy atom. The number of rotatable bonds is 7. The van der Waals surface area contributed by atoms with Gasteiger partial charge in [0, 0.05) is 19.3 Å². The van der Waals surface area contributed by atoms with E-state index in [4.69, 9.17) is 0 Å². The number of nitrogens with zero attached hydrogens (tertiary/aromatic N) is 2. The molecule has 1 heterocycles. The molecule has 1 atom stereocenters. The van der Waals surface area contributed by atoms with Gasteiger partial charge in [-0.05, 0) is 29.9 Å². The van der Waals surface area contributed by atoms with Crippen molar-refractivity contribution in [1.29, 1.82) is 0 Å². The first-order chi connectivity index (χ1) is 13.7. The van der Waals surface area contributed by atoms with Gasteiger partial charge >= 0.3 is 0 Å². The second kappa shape index (κ2) is 8.38. The monoisotopic (exact) mass is 375 g/mol. The Morgan fingerprint density at radius 3 is 2.36 bits per heavy atom. The van der Waals surface area contributed by atoms with E-state index in [1.54, 1.807) is 0 Å². The molecule has 0 saturated heterocycles. The Bertz CT molecular complexity index is 860. The maximum atomic E-state index is 12.5. The molecule has 0 radical (unpaired) electrons. The van der Waals surface area contributed by atoms with Crippen LogP contribution in [0.2, 0.25) is 0 Å². The van der Waals surface area contributed by atoms with E-state index in [1.807, 2.05) is 48.5 Å². The van der Waals surface area contributed by atoms with Crippen molar-refractivity contribution in [3.63, 3.8) is 0 Å². The van der Waals surface area contributed by atoms with Crippen LogP contribution in [0.5, 0.6) is 0 Å². The molecule has 1 N–H and O–H groups in total. The third-order valence-electron chi connectivity index (χ3n) is 5.33. The van der Waals surface area contributed by atoms with Crippen molar-refractivity contribution in [3.8, 4) is 0 Å². The molecule has 5 nitrogen and oxygen atoms in total. The molecule has 5 heteroatoms. The number of benzene rings is 2. The van der Waals surface area contributed by atoms with Crippen LogP contribution in [-0.4, -0.2) is 29.1 Å². The van der Waals surface area contributed by atoms with Crippen LogP contribution in [0.4, 0.5) is 0 Å². The Morgan fingerprint density at radius 2 is 1.68 bits per heavy atom. The van der Waals surface area contributed by atoms with Gasteiger partial charge in [-0.25, -0.2) is 5.01 Å². The minimum atomic E-state index is -0.0937. The summed E-state index contributed by atoms with van der Waals surface area (Å²) in [5, 5.41) is 9.09.